The van der Waals surface area contributed by atoms with Crippen LogP contribution in [0.25, 0.3) is 0 Å². The van der Waals surface area contributed by atoms with Gasteiger partial charge in [0.2, 0.25) is 0 Å². The molecule has 0 fully saturated rings. The van der Waals surface area contributed by atoms with E-state index >= 15 is 0 Å². The van der Waals surface area contributed by atoms with E-state index in [9.17, 15) is 4.79 Å². The van der Waals surface area contributed by atoms with Crippen molar-refractivity contribution in [2.24, 2.45) is 4.99 Å². The van der Waals surface area contributed by atoms with Crippen LogP contribution in [0.4, 0.5) is 5.69 Å². The number of benzene rings is 2. The van der Waals surface area contributed by atoms with Gasteiger partial charge >= 0.3 is 5.97 Å². The van der Waals surface area contributed by atoms with E-state index in [1.807, 2.05) is 48.5 Å². The maximum absolute atomic E-state index is 11.8. The van der Waals surface area contributed by atoms with E-state index in [0.717, 1.165) is 5.69 Å². The van der Waals surface area contributed by atoms with Crippen molar-refractivity contribution in [2.45, 2.75) is 6.92 Å². The van der Waals surface area contributed by atoms with E-state index < -0.39 is 5.97 Å². The van der Waals surface area contributed by atoms with Crippen molar-refractivity contribution in [3.8, 4) is 5.75 Å². The number of aliphatic imine (C=N–C) groups is 1. The third kappa shape index (κ3) is 3.28. The van der Waals surface area contributed by atoms with E-state index in [-0.39, 0.29) is 0 Å². The summed E-state index contributed by atoms with van der Waals surface area (Å²) >= 11 is 0. The molecular weight excluding hydrogens is 226 g/mol. The second kappa shape index (κ2) is 5.77. The Kier molecular flexibility index (Phi) is 3.86. The van der Waals surface area contributed by atoms with E-state index in [2.05, 4.69) is 4.99 Å². The quantitative estimate of drug-likeness (QED) is 0.468. The predicted molar refractivity (Wildman–Crippen MR) is 71.3 cm³/mol. The smallest absolute Gasteiger partial charge is 0.357 e. The lowest BCUT2D eigenvalue weighted by molar-refractivity contribution is -0.127. The first kappa shape index (κ1) is 12.0. The number of hydrogen-bond acceptors (Lipinski definition) is 3. The Balaban J connectivity index is 2.08. The number of rotatable bonds is 3. The highest BCUT2D eigenvalue weighted by molar-refractivity contribution is 6.36. The molecule has 0 radical (unpaired) electrons. The fraction of sp³-hybridized carbons (Fsp3) is 0.0667. The van der Waals surface area contributed by atoms with Crippen LogP contribution in [0.15, 0.2) is 65.7 Å². The van der Waals surface area contributed by atoms with Crippen LogP contribution in [-0.4, -0.2) is 11.7 Å². The van der Waals surface area contributed by atoms with E-state index in [4.69, 9.17) is 4.74 Å². The summed E-state index contributed by atoms with van der Waals surface area (Å²) in [5.74, 6) is 0.0789. The largest absolute Gasteiger partial charge is 0.422 e. The van der Waals surface area contributed by atoms with Gasteiger partial charge in [0.25, 0.3) is 0 Å². The molecule has 2 rings (SSSR count). The molecule has 0 saturated carbocycles. The molecule has 2 aromatic rings. The van der Waals surface area contributed by atoms with Crippen molar-refractivity contribution in [1.82, 2.24) is 0 Å². The Hall–Kier alpha value is -2.42. The molecule has 0 spiro atoms. The standard InChI is InChI=1S/C15H13NO2/c1-12(16-13-8-4-2-5-9-13)15(17)18-14-10-6-3-7-11-14/h2-11H,1H3. The number of carbonyl (C=O) groups excluding carboxylic acids is 1. The molecule has 18 heavy (non-hydrogen) atoms. The summed E-state index contributed by atoms with van der Waals surface area (Å²) in [4.78, 5) is 16.0. The third-order valence-electron chi connectivity index (χ3n) is 2.30. The minimum Gasteiger partial charge on any atom is -0.422 e. The van der Waals surface area contributed by atoms with Crippen LogP contribution in [-0.2, 0) is 4.79 Å². The van der Waals surface area contributed by atoms with Crippen molar-refractivity contribution >= 4 is 17.4 Å². The van der Waals surface area contributed by atoms with Crippen molar-refractivity contribution < 1.29 is 9.53 Å². The number of carbonyl (C=O) groups is 1. The molecule has 3 heteroatoms. The zero-order chi connectivity index (χ0) is 12.8. The monoisotopic (exact) mass is 239 g/mol. The van der Waals surface area contributed by atoms with Crippen LogP contribution in [0.2, 0.25) is 0 Å². The summed E-state index contributed by atoms with van der Waals surface area (Å²) in [5.41, 5.74) is 1.06. The maximum atomic E-state index is 11.8. The summed E-state index contributed by atoms with van der Waals surface area (Å²) in [5, 5.41) is 0. The molecule has 2 aromatic carbocycles. The minimum atomic E-state index is -0.440. The Morgan fingerprint density at radius 2 is 1.50 bits per heavy atom. The molecule has 0 N–H and O–H groups in total. The average molecular weight is 239 g/mol. The zero-order valence-electron chi connectivity index (χ0n) is 10.0. The molecule has 0 aliphatic heterocycles. The van der Waals surface area contributed by atoms with Crippen LogP contribution < -0.4 is 4.74 Å². The Labute approximate surface area is 106 Å². The highest BCUT2D eigenvalue weighted by Crippen LogP contribution is 2.12. The van der Waals surface area contributed by atoms with Crippen molar-refractivity contribution in [2.75, 3.05) is 0 Å². The SMILES string of the molecule is CC(=Nc1ccccc1)C(=O)Oc1ccccc1. The van der Waals surface area contributed by atoms with Crippen molar-refractivity contribution in [3.05, 3.63) is 60.7 Å². The maximum Gasteiger partial charge on any atom is 0.357 e. The van der Waals surface area contributed by atoms with Gasteiger partial charge in [-0.25, -0.2) is 9.79 Å². The molecule has 0 atom stereocenters. The first-order chi connectivity index (χ1) is 8.75. The molecular formula is C15H13NO2. The van der Waals surface area contributed by atoms with Gasteiger partial charge in [-0.1, -0.05) is 36.4 Å². The average Bonchev–Trinajstić information content (AvgIpc) is 2.41. The summed E-state index contributed by atoms with van der Waals surface area (Å²) in [7, 11) is 0. The predicted octanol–water partition coefficient (Wildman–Crippen LogP) is 3.38. The van der Waals surface area contributed by atoms with Crippen molar-refractivity contribution in [1.29, 1.82) is 0 Å². The van der Waals surface area contributed by atoms with Crippen LogP contribution >= 0.6 is 0 Å². The van der Waals surface area contributed by atoms with Gasteiger partial charge in [-0.15, -0.1) is 0 Å². The lowest BCUT2D eigenvalue weighted by Gasteiger charge is -2.03. The normalized spacial score (nSPS) is 11.1. The van der Waals surface area contributed by atoms with Gasteiger partial charge in [-0.2, -0.15) is 0 Å². The van der Waals surface area contributed by atoms with Crippen LogP contribution in [0, 0.1) is 0 Å². The van der Waals surface area contributed by atoms with E-state index in [1.54, 1.807) is 19.1 Å². The van der Waals surface area contributed by atoms with Gasteiger partial charge < -0.3 is 4.74 Å². The second-order valence-corrected chi connectivity index (χ2v) is 3.74. The van der Waals surface area contributed by atoms with Gasteiger partial charge in [0.15, 0.2) is 0 Å². The van der Waals surface area contributed by atoms with Crippen molar-refractivity contribution in [3.63, 3.8) is 0 Å². The molecule has 0 unspecified atom stereocenters. The molecule has 0 amide bonds. The summed E-state index contributed by atoms with van der Waals surface area (Å²) in [6.45, 7) is 1.64. The summed E-state index contributed by atoms with van der Waals surface area (Å²) in [6, 6.07) is 18.3. The topological polar surface area (TPSA) is 38.7 Å². The van der Waals surface area contributed by atoms with E-state index in [1.165, 1.54) is 0 Å². The molecule has 90 valence electrons. The van der Waals surface area contributed by atoms with Crippen LogP contribution in [0.5, 0.6) is 5.75 Å². The Morgan fingerprint density at radius 3 is 2.11 bits per heavy atom. The first-order valence-electron chi connectivity index (χ1n) is 5.63. The molecule has 0 aliphatic rings. The zero-order valence-corrected chi connectivity index (χ0v) is 10.0. The molecule has 0 aromatic heterocycles. The van der Waals surface area contributed by atoms with Gasteiger partial charge in [0.05, 0.1) is 5.69 Å². The Morgan fingerprint density at radius 1 is 0.944 bits per heavy atom. The highest BCUT2D eigenvalue weighted by atomic mass is 16.5. The fourth-order valence-electron chi connectivity index (χ4n) is 1.41. The number of ether oxygens (including phenoxy) is 1. The lowest BCUT2D eigenvalue weighted by atomic mass is 10.3. The van der Waals surface area contributed by atoms with Gasteiger partial charge in [0, 0.05) is 0 Å². The first-order valence-corrected chi connectivity index (χ1v) is 5.63. The van der Waals surface area contributed by atoms with Gasteiger partial charge in [-0.3, -0.25) is 0 Å². The van der Waals surface area contributed by atoms with Gasteiger partial charge in [-0.05, 0) is 31.2 Å². The number of hydrogen-bond donors (Lipinski definition) is 0. The van der Waals surface area contributed by atoms with Gasteiger partial charge in [0.1, 0.15) is 11.5 Å². The third-order valence-corrected chi connectivity index (χ3v) is 2.30. The Bertz CT molecular complexity index is 547. The molecule has 0 heterocycles. The van der Waals surface area contributed by atoms with Crippen LogP contribution in [0.3, 0.4) is 0 Å². The summed E-state index contributed by atoms with van der Waals surface area (Å²) < 4.78 is 5.18. The molecule has 3 nitrogen and oxygen atoms in total. The molecule has 0 saturated heterocycles. The number of para-hydroxylation sites is 2. The lowest BCUT2D eigenvalue weighted by Crippen LogP contribution is -2.17. The van der Waals surface area contributed by atoms with Crippen LogP contribution in [0.1, 0.15) is 6.92 Å². The summed E-state index contributed by atoms with van der Waals surface area (Å²) in [6.07, 6.45) is 0. The minimum absolute atomic E-state index is 0.324. The number of esters is 1. The number of nitrogens with zero attached hydrogens (tertiary/aromatic N) is 1. The van der Waals surface area contributed by atoms with E-state index in [0.29, 0.717) is 11.5 Å². The highest BCUT2D eigenvalue weighted by Gasteiger charge is 2.08. The molecule has 0 bridgehead atoms. The fourth-order valence-corrected chi connectivity index (χ4v) is 1.41. The molecule has 0 aliphatic carbocycles. The second-order valence-electron chi connectivity index (χ2n) is 3.74.